The van der Waals surface area contributed by atoms with Crippen LogP contribution in [0, 0.1) is 20.2 Å². The molecule has 0 aliphatic heterocycles. The van der Waals surface area contributed by atoms with Crippen molar-refractivity contribution in [3.05, 3.63) is 146 Å². The number of anilines is 1. The van der Waals surface area contributed by atoms with E-state index in [0.29, 0.717) is 16.9 Å². The second-order valence-electron chi connectivity index (χ2n) is 9.25. The maximum Gasteiger partial charge on any atom is 0.329 e. The van der Waals surface area contributed by atoms with E-state index in [2.05, 4.69) is 15.8 Å². The van der Waals surface area contributed by atoms with Crippen LogP contribution in [-0.4, -0.2) is 45.8 Å². The first kappa shape index (κ1) is 31.4. The topological polar surface area (TPSA) is 166 Å². The summed E-state index contributed by atoms with van der Waals surface area (Å²) < 4.78 is 5.62. The first-order valence-electron chi connectivity index (χ1n) is 13.3. The number of thioether (sulfide) groups is 1. The smallest absolute Gasteiger partial charge is 0.329 e. The summed E-state index contributed by atoms with van der Waals surface area (Å²) in [5.41, 5.74) is 3.71. The zero-order valence-electron chi connectivity index (χ0n) is 23.2. The Balaban J connectivity index is 1.52. The molecule has 4 aromatic rings. The Morgan fingerprint density at radius 1 is 0.818 bits per heavy atom. The Kier molecular flexibility index (Phi) is 11.1. The minimum Gasteiger partial charge on any atom is -0.458 e. The maximum atomic E-state index is 13.3. The number of esters is 1. The SMILES string of the molecule is O=C(N[C@H](CSCc1ccccc1)C(=O)OC/C(=N\Nc1ccc([N+](=O)[O-])cc1[N+](=O)[O-])c1ccccc1)c1ccccc1. The monoisotopic (exact) mass is 613 g/mol. The van der Waals surface area contributed by atoms with Crippen LogP contribution in [0.15, 0.2) is 114 Å². The number of rotatable bonds is 14. The molecule has 0 fully saturated rings. The third-order valence-corrected chi connectivity index (χ3v) is 7.29. The molecule has 1 amide bonds. The summed E-state index contributed by atoms with van der Waals surface area (Å²) in [6, 6.07) is 29.0. The zero-order valence-corrected chi connectivity index (χ0v) is 24.0. The summed E-state index contributed by atoms with van der Waals surface area (Å²) in [7, 11) is 0. The van der Waals surface area contributed by atoms with Crippen LogP contribution < -0.4 is 10.7 Å². The summed E-state index contributed by atoms with van der Waals surface area (Å²) >= 11 is 1.46. The van der Waals surface area contributed by atoms with Gasteiger partial charge in [-0.1, -0.05) is 78.9 Å². The van der Waals surface area contributed by atoms with E-state index in [0.717, 1.165) is 17.7 Å². The number of hydrogen-bond donors (Lipinski definition) is 2. The third kappa shape index (κ3) is 8.97. The van der Waals surface area contributed by atoms with E-state index in [1.54, 1.807) is 60.7 Å². The molecule has 0 aliphatic carbocycles. The van der Waals surface area contributed by atoms with E-state index in [4.69, 9.17) is 4.74 Å². The number of nitro groups is 2. The molecule has 12 nitrogen and oxygen atoms in total. The molecule has 0 spiro atoms. The van der Waals surface area contributed by atoms with Crippen molar-refractivity contribution in [1.29, 1.82) is 0 Å². The lowest BCUT2D eigenvalue weighted by molar-refractivity contribution is -0.393. The Morgan fingerprint density at radius 2 is 1.43 bits per heavy atom. The van der Waals surface area contributed by atoms with Gasteiger partial charge < -0.3 is 10.1 Å². The predicted molar refractivity (Wildman–Crippen MR) is 168 cm³/mol. The highest BCUT2D eigenvalue weighted by Crippen LogP contribution is 2.29. The number of carbonyl (C=O) groups excluding carboxylic acids is 2. The van der Waals surface area contributed by atoms with Crippen LogP contribution in [0.3, 0.4) is 0 Å². The molecule has 0 unspecified atom stereocenters. The molecule has 4 rings (SSSR count). The summed E-state index contributed by atoms with van der Waals surface area (Å²) in [5, 5.41) is 29.6. The first-order valence-corrected chi connectivity index (χ1v) is 14.4. The molecule has 0 aromatic heterocycles. The summed E-state index contributed by atoms with van der Waals surface area (Å²) in [5.74, 6) is -0.283. The van der Waals surface area contributed by atoms with Crippen LogP contribution in [0.5, 0.6) is 0 Å². The number of nitrogens with zero attached hydrogens (tertiary/aromatic N) is 3. The van der Waals surface area contributed by atoms with Crippen LogP contribution in [0.1, 0.15) is 21.5 Å². The van der Waals surface area contributed by atoms with E-state index in [-0.39, 0.29) is 23.8 Å². The fraction of sp³-hybridized carbons (Fsp3) is 0.129. The lowest BCUT2D eigenvalue weighted by atomic mass is 10.1. The first-order chi connectivity index (χ1) is 21.3. The van der Waals surface area contributed by atoms with Crippen LogP contribution in [0.25, 0.3) is 0 Å². The number of carbonyl (C=O) groups is 2. The van der Waals surface area contributed by atoms with Crippen molar-refractivity contribution < 1.29 is 24.2 Å². The van der Waals surface area contributed by atoms with Crippen LogP contribution in [0.4, 0.5) is 17.1 Å². The lowest BCUT2D eigenvalue weighted by Crippen LogP contribution is -2.44. The van der Waals surface area contributed by atoms with Crippen molar-refractivity contribution in [1.82, 2.24) is 5.32 Å². The molecule has 0 radical (unpaired) electrons. The van der Waals surface area contributed by atoms with Gasteiger partial charge in [-0.25, -0.2) is 4.79 Å². The van der Waals surface area contributed by atoms with Gasteiger partial charge in [0.25, 0.3) is 11.6 Å². The number of hydrogen-bond acceptors (Lipinski definition) is 10. The normalized spacial score (nSPS) is 11.7. The molecule has 0 saturated carbocycles. The van der Waals surface area contributed by atoms with Crippen molar-refractivity contribution in [2.45, 2.75) is 11.8 Å². The molecule has 0 heterocycles. The van der Waals surface area contributed by atoms with Crippen molar-refractivity contribution in [3.8, 4) is 0 Å². The van der Waals surface area contributed by atoms with Gasteiger partial charge in [0.05, 0.1) is 15.9 Å². The van der Waals surface area contributed by atoms with Crippen molar-refractivity contribution in [2.24, 2.45) is 5.10 Å². The highest BCUT2D eigenvalue weighted by Gasteiger charge is 2.24. The molecule has 0 saturated heterocycles. The van der Waals surface area contributed by atoms with Crippen molar-refractivity contribution in [3.63, 3.8) is 0 Å². The minimum absolute atomic E-state index is 0.0920. The van der Waals surface area contributed by atoms with E-state index >= 15 is 0 Å². The van der Waals surface area contributed by atoms with Gasteiger partial charge in [0.2, 0.25) is 0 Å². The molecule has 4 aromatic carbocycles. The van der Waals surface area contributed by atoms with Crippen LogP contribution in [0.2, 0.25) is 0 Å². The van der Waals surface area contributed by atoms with Gasteiger partial charge in [-0.2, -0.15) is 16.9 Å². The molecule has 224 valence electrons. The molecule has 0 aliphatic rings. The summed E-state index contributed by atoms with van der Waals surface area (Å²) in [6.45, 7) is -0.336. The zero-order chi connectivity index (χ0) is 31.3. The van der Waals surface area contributed by atoms with E-state index in [1.807, 2.05) is 30.3 Å². The predicted octanol–water partition coefficient (Wildman–Crippen LogP) is 5.59. The quantitative estimate of drug-likeness (QED) is 0.0797. The molecule has 0 bridgehead atoms. The number of hydrazone groups is 1. The van der Waals surface area contributed by atoms with Gasteiger partial charge in [-0.15, -0.1) is 0 Å². The molecule has 44 heavy (non-hydrogen) atoms. The average Bonchev–Trinajstić information content (AvgIpc) is 3.05. The molecular formula is C31H27N5O7S. The Morgan fingerprint density at radius 3 is 2.05 bits per heavy atom. The number of non-ortho nitro benzene ring substituents is 1. The van der Waals surface area contributed by atoms with Gasteiger partial charge in [-0.05, 0) is 23.8 Å². The number of benzene rings is 4. The van der Waals surface area contributed by atoms with E-state index < -0.39 is 39.1 Å². The second-order valence-corrected chi connectivity index (χ2v) is 10.3. The maximum absolute atomic E-state index is 13.3. The molecule has 2 N–H and O–H groups in total. The largest absolute Gasteiger partial charge is 0.458 e. The number of nitro benzene ring substituents is 2. The number of amides is 1. The highest BCUT2D eigenvalue weighted by molar-refractivity contribution is 7.98. The Hall–Kier alpha value is -5.56. The summed E-state index contributed by atoms with van der Waals surface area (Å²) in [6.07, 6.45) is 0. The molecule has 13 heteroatoms. The summed E-state index contributed by atoms with van der Waals surface area (Å²) in [4.78, 5) is 47.4. The molecular weight excluding hydrogens is 586 g/mol. The fourth-order valence-corrected chi connectivity index (χ4v) is 4.93. The van der Waals surface area contributed by atoms with Gasteiger partial charge in [0.15, 0.2) is 0 Å². The standard InChI is InChI=1S/C31H27N5O7S/c37-30(24-14-8-3-9-15-24)32-28(21-44-20-22-10-4-1-5-11-22)31(38)43-19-27(23-12-6-2-7-13-23)34-33-26-17-16-25(35(39)40)18-29(26)36(41)42/h1-18,28,33H,19-21H2,(H,32,37)/b34-27+/t28-/m1/s1. The fourth-order valence-electron chi connectivity index (χ4n) is 3.93. The van der Waals surface area contributed by atoms with Gasteiger partial charge in [-0.3, -0.25) is 30.4 Å². The Bertz CT molecular complexity index is 1640. The van der Waals surface area contributed by atoms with Gasteiger partial charge in [0.1, 0.15) is 24.0 Å². The second kappa shape index (κ2) is 15.6. The van der Waals surface area contributed by atoms with Gasteiger partial charge >= 0.3 is 11.7 Å². The van der Waals surface area contributed by atoms with E-state index in [1.165, 1.54) is 17.8 Å². The van der Waals surface area contributed by atoms with Crippen LogP contribution >= 0.6 is 11.8 Å². The van der Waals surface area contributed by atoms with Crippen molar-refractivity contribution >= 4 is 46.4 Å². The van der Waals surface area contributed by atoms with Crippen molar-refractivity contribution in [2.75, 3.05) is 17.8 Å². The molecule has 1 atom stereocenters. The van der Waals surface area contributed by atoms with Crippen LogP contribution in [-0.2, 0) is 15.3 Å². The van der Waals surface area contributed by atoms with Gasteiger partial charge in [0, 0.05) is 28.7 Å². The lowest BCUT2D eigenvalue weighted by Gasteiger charge is -2.18. The number of nitrogens with one attached hydrogen (secondary N) is 2. The third-order valence-electron chi connectivity index (χ3n) is 6.18. The number of ether oxygens (including phenoxy) is 1. The minimum atomic E-state index is -0.989. The average molecular weight is 614 g/mol. The highest BCUT2D eigenvalue weighted by atomic mass is 32.2. The van der Waals surface area contributed by atoms with E-state index in [9.17, 15) is 29.8 Å². The Labute approximate surface area is 256 Å².